The summed E-state index contributed by atoms with van der Waals surface area (Å²) >= 11 is 0. The van der Waals surface area contributed by atoms with Crippen LogP contribution in [0, 0.1) is 0 Å². The van der Waals surface area contributed by atoms with Crippen molar-refractivity contribution in [2.45, 2.75) is 64.7 Å². The minimum absolute atomic E-state index is 0.0834. The number of carbonyl (C=O) groups excluding carboxylic acids is 2. The van der Waals surface area contributed by atoms with E-state index in [2.05, 4.69) is 12.2 Å². The van der Waals surface area contributed by atoms with Gasteiger partial charge in [0.2, 0.25) is 0 Å². The van der Waals surface area contributed by atoms with Crippen molar-refractivity contribution in [3.05, 3.63) is 51.3 Å². The van der Waals surface area contributed by atoms with Crippen molar-refractivity contribution in [3.8, 4) is 11.4 Å². The molecule has 0 fully saturated rings. The third-order valence-corrected chi connectivity index (χ3v) is 7.68. The quantitative estimate of drug-likeness (QED) is 0.313. The highest BCUT2D eigenvalue weighted by molar-refractivity contribution is 6.19. The topological polar surface area (TPSA) is 114 Å². The van der Waals surface area contributed by atoms with Crippen LogP contribution < -0.4 is 15.8 Å². The fourth-order valence-electron chi connectivity index (χ4n) is 5.70. The van der Waals surface area contributed by atoms with Gasteiger partial charge >= 0.3 is 12.0 Å². The second-order valence-electron chi connectivity index (χ2n) is 9.73. The van der Waals surface area contributed by atoms with Crippen LogP contribution in [0.15, 0.2) is 29.1 Å². The first-order valence-electron chi connectivity index (χ1n) is 12.6. The monoisotopic (exact) mass is 488 g/mol. The van der Waals surface area contributed by atoms with Crippen LogP contribution in [0.5, 0.6) is 0 Å². The number of aliphatic hydroxyl groups is 1. The number of hydrogen-bond acceptors (Lipinski definition) is 6. The summed E-state index contributed by atoms with van der Waals surface area (Å²) in [5.74, 6) is -0.749. The van der Waals surface area contributed by atoms with Crippen molar-refractivity contribution < 1.29 is 19.4 Å². The van der Waals surface area contributed by atoms with Crippen LogP contribution in [0.1, 0.15) is 62.6 Å². The number of urea groups is 1. The maximum Gasteiger partial charge on any atom is 0.343 e. The van der Waals surface area contributed by atoms with Gasteiger partial charge in [-0.15, -0.1) is 0 Å². The molecule has 1 unspecified atom stereocenters. The number of ether oxygens (including phenoxy) is 1. The zero-order valence-corrected chi connectivity index (χ0v) is 20.4. The first-order chi connectivity index (χ1) is 17.4. The summed E-state index contributed by atoms with van der Waals surface area (Å²) in [5, 5.41) is 15.0. The molecule has 3 aromatic rings. The Morgan fingerprint density at radius 2 is 1.97 bits per heavy atom. The van der Waals surface area contributed by atoms with Crippen LogP contribution in [0.2, 0.25) is 0 Å². The van der Waals surface area contributed by atoms with Gasteiger partial charge in [0.05, 0.1) is 40.4 Å². The fourth-order valence-corrected chi connectivity index (χ4v) is 5.70. The van der Waals surface area contributed by atoms with E-state index in [4.69, 9.17) is 9.72 Å². The molecule has 2 aromatic heterocycles. The maximum atomic E-state index is 13.6. The molecule has 0 saturated carbocycles. The van der Waals surface area contributed by atoms with E-state index in [0.29, 0.717) is 29.1 Å². The van der Waals surface area contributed by atoms with Gasteiger partial charge in [0, 0.05) is 23.1 Å². The lowest BCUT2D eigenvalue weighted by Crippen LogP contribution is -2.44. The molecule has 186 valence electrons. The number of pyridine rings is 2. The number of rotatable bonds is 6. The van der Waals surface area contributed by atoms with E-state index in [-0.39, 0.29) is 42.3 Å². The van der Waals surface area contributed by atoms with Gasteiger partial charge in [0.1, 0.15) is 6.61 Å². The summed E-state index contributed by atoms with van der Waals surface area (Å²) in [7, 11) is 0. The Morgan fingerprint density at radius 3 is 2.75 bits per heavy atom. The molecule has 0 bridgehead atoms. The highest BCUT2D eigenvalue weighted by atomic mass is 16.6. The van der Waals surface area contributed by atoms with Crippen molar-refractivity contribution in [2.75, 3.05) is 16.8 Å². The number of fused-ring (bicyclic) bond motifs is 5. The summed E-state index contributed by atoms with van der Waals surface area (Å²) < 4.78 is 6.79. The minimum atomic E-state index is -1.88. The van der Waals surface area contributed by atoms with Gasteiger partial charge in [-0.3, -0.25) is 9.69 Å². The van der Waals surface area contributed by atoms with Gasteiger partial charge in [-0.25, -0.2) is 14.6 Å². The maximum absolute atomic E-state index is 13.6. The van der Waals surface area contributed by atoms with Gasteiger partial charge < -0.3 is 19.7 Å². The lowest BCUT2D eigenvalue weighted by molar-refractivity contribution is -0.172. The van der Waals surface area contributed by atoms with Crippen LogP contribution in [0.25, 0.3) is 22.3 Å². The SMILES string of the molecule is CCCCCCN1C(=O)Nc2cccc3nc4c(c1c23)Cn1c-4cc2c(c1=O)COC(=O)C2(O)CC. The molecule has 5 heterocycles. The van der Waals surface area contributed by atoms with Gasteiger partial charge in [0.25, 0.3) is 5.56 Å². The third-order valence-electron chi connectivity index (χ3n) is 7.68. The predicted octanol–water partition coefficient (Wildman–Crippen LogP) is 4.01. The number of cyclic esters (lactones) is 1. The first kappa shape index (κ1) is 22.7. The number of unbranched alkanes of at least 4 members (excludes halogenated alkanes) is 3. The van der Waals surface area contributed by atoms with E-state index in [1.807, 2.05) is 18.2 Å². The molecule has 9 heteroatoms. The molecule has 9 nitrogen and oxygen atoms in total. The number of carbonyl (C=O) groups is 2. The van der Waals surface area contributed by atoms with Crippen LogP contribution in [0.3, 0.4) is 0 Å². The molecule has 1 atom stereocenters. The summed E-state index contributed by atoms with van der Waals surface area (Å²) in [5.41, 5.74) is 2.50. The number of benzene rings is 1. The summed E-state index contributed by atoms with van der Waals surface area (Å²) in [6, 6.07) is 7.12. The number of esters is 1. The minimum Gasteiger partial charge on any atom is -0.458 e. The van der Waals surface area contributed by atoms with Gasteiger partial charge in [-0.2, -0.15) is 0 Å². The third kappa shape index (κ3) is 3.05. The first-order valence-corrected chi connectivity index (χ1v) is 12.6. The van der Waals surface area contributed by atoms with E-state index in [1.54, 1.807) is 22.5 Å². The van der Waals surface area contributed by atoms with Crippen molar-refractivity contribution in [2.24, 2.45) is 0 Å². The molecule has 2 N–H and O–H groups in total. The molecule has 0 aliphatic carbocycles. The van der Waals surface area contributed by atoms with Gasteiger partial charge in [-0.1, -0.05) is 39.2 Å². The zero-order chi connectivity index (χ0) is 25.2. The largest absolute Gasteiger partial charge is 0.458 e. The van der Waals surface area contributed by atoms with Crippen molar-refractivity contribution >= 4 is 34.3 Å². The standard InChI is InChI=1S/C27H28N4O5/c1-3-5-6-7-11-30-23-15-13-31-20(12-17-16(24(31)32)14-36-25(33)27(17,35)4-2)22(15)28-18-9-8-10-19(21(18)23)29-26(30)34/h8-10,12,35H,3-7,11,13-14H2,1-2H3,(H,29,34). The zero-order valence-electron chi connectivity index (χ0n) is 20.4. The van der Waals surface area contributed by atoms with Crippen LogP contribution >= 0.6 is 0 Å². The van der Waals surface area contributed by atoms with Gasteiger partial charge in [-0.05, 0) is 31.0 Å². The molecule has 1 aromatic carbocycles. The molecule has 3 aliphatic rings. The number of aromatic nitrogens is 2. The molecular weight excluding hydrogens is 460 g/mol. The summed E-state index contributed by atoms with van der Waals surface area (Å²) in [4.78, 5) is 46.0. The van der Waals surface area contributed by atoms with E-state index in [0.717, 1.165) is 42.3 Å². The highest BCUT2D eigenvalue weighted by Gasteiger charge is 2.46. The molecular formula is C27H28N4O5. The van der Waals surface area contributed by atoms with Crippen LogP contribution in [-0.4, -0.2) is 33.2 Å². The van der Waals surface area contributed by atoms with Crippen molar-refractivity contribution in [1.82, 2.24) is 9.55 Å². The number of nitrogens with one attached hydrogen (secondary N) is 1. The molecule has 6 rings (SSSR count). The number of anilines is 2. The Labute approximate surface area is 207 Å². The molecule has 0 spiro atoms. The molecule has 0 saturated heterocycles. The average molecular weight is 489 g/mol. The predicted molar refractivity (Wildman–Crippen MR) is 135 cm³/mol. The second kappa shape index (κ2) is 8.16. The van der Waals surface area contributed by atoms with Crippen LogP contribution in [-0.2, 0) is 28.3 Å². The van der Waals surface area contributed by atoms with E-state index in [1.165, 1.54) is 0 Å². The Kier molecular flexibility index (Phi) is 5.15. The molecule has 36 heavy (non-hydrogen) atoms. The van der Waals surface area contributed by atoms with Gasteiger partial charge in [0.15, 0.2) is 5.60 Å². The smallest absolute Gasteiger partial charge is 0.343 e. The van der Waals surface area contributed by atoms with Crippen molar-refractivity contribution in [3.63, 3.8) is 0 Å². The number of nitrogens with zero attached hydrogens (tertiary/aromatic N) is 3. The van der Waals surface area contributed by atoms with Crippen molar-refractivity contribution in [1.29, 1.82) is 0 Å². The average Bonchev–Trinajstić information content (AvgIpc) is 3.24. The molecule has 3 aliphatic heterocycles. The normalized spacial score (nSPS) is 19.6. The summed E-state index contributed by atoms with van der Waals surface area (Å²) in [6.45, 7) is 4.47. The number of amides is 2. The Balaban J connectivity index is 1.57. The lowest BCUT2D eigenvalue weighted by atomic mass is 9.86. The number of hydrogen-bond donors (Lipinski definition) is 2. The second-order valence-corrected chi connectivity index (χ2v) is 9.73. The Bertz CT molecular complexity index is 1510. The van der Waals surface area contributed by atoms with E-state index in [9.17, 15) is 19.5 Å². The highest BCUT2D eigenvalue weighted by Crippen LogP contribution is 2.46. The van der Waals surface area contributed by atoms with E-state index >= 15 is 0 Å². The molecule has 0 radical (unpaired) electrons. The molecule has 2 amide bonds. The summed E-state index contributed by atoms with van der Waals surface area (Å²) in [6.07, 6.45) is 4.17. The fraction of sp³-hybridized carbons (Fsp3) is 0.407. The lowest BCUT2D eigenvalue weighted by Gasteiger charge is -2.31. The Hall–Kier alpha value is -3.72. The van der Waals surface area contributed by atoms with E-state index < -0.39 is 11.6 Å². The Morgan fingerprint density at radius 1 is 1.14 bits per heavy atom. The van der Waals surface area contributed by atoms with Crippen LogP contribution in [0.4, 0.5) is 16.2 Å².